The molecular weight excluding hydrogens is 419 g/mol. The van der Waals surface area contributed by atoms with Gasteiger partial charge in [0.1, 0.15) is 22.9 Å². The molecule has 2 aliphatic heterocycles. The predicted octanol–water partition coefficient (Wildman–Crippen LogP) is 4.66. The maximum atomic E-state index is 13.5. The molecule has 33 heavy (non-hydrogen) atoms. The van der Waals surface area contributed by atoms with Gasteiger partial charge in [-0.15, -0.1) is 0 Å². The first kappa shape index (κ1) is 21.1. The van der Waals surface area contributed by atoms with Crippen LogP contribution in [0.2, 0.25) is 0 Å². The molecule has 3 aromatic rings. The molecule has 3 heterocycles. The molecular formula is C26H25FN4O2. The van der Waals surface area contributed by atoms with E-state index in [0.29, 0.717) is 12.3 Å². The molecule has 0 bridgehead atoms. The van der Waals surface area contributed by atoms with Crippen molar-refractivity contribution in [2.45, 2.75) is 31.7 Å². The molecule has 0 spiro atoms. The van der Waals surface area contributed by atoms with Crippen molar-refractivity contribution >= 4 is 17.8 Å². The van der Waals surface area contributed by atoms with Crippen LogP contribution in [-0.2, 0) is 10.3 Å². The second-order valence-corrected chi connectivity index (χ2v) is 8.44. The van der Waals surface area contributed by atoms with Crippen LogP contribution in [0.5, 0.6) is 5.75 Å². The van der Waals surface area contributed by atoms with E-state index in [1.54, 1.807) is 25.6 Å². The molecule has 7 heteroatoms. The monoisotopic (exact) mass is 444 g/mol. The number of halogens is 1. The number of hydrogen-bond acceptors (Lipinski definition) is 4. The Hall–Kier alpha value is -3.74. The van der Waals surface area contributed by atoms with E-state index in [-0.39, 0.29) is 11.7 Å². The van der Waals surface area contributed by atoms with E-state index >= 15 is 0 Å². The minimum absolute atomic E-state index is 0.183. The van der Waals surface area contributed by atoms with Crippen molar-refractivity contribution in [3.8, 4) is 11.4 Å². The second-order valence-electron chi connectivity index (χ2n) is 8.44. The zero-order valence-corrected chi connectivity index (χ0v) is 18.7. The standard InChI is InChI=1S/C26H25FN4O2/c1-18-16-30(17-28-18)22-11-5-19(15-23(22)33-2)6-12-24-29-25(32)26(13-3-4-14-31(24)26)20-7-9-21(27)10-8-20/h5-12,15-17H,3-4,13-14H2,1-2H3/b12-6-. The van der Waals surface area contributed by atoms with Crippen molar-refractivity contribution < 1.29 is 13.9 Å². The van der Waals surface area contributed by atoms with Crippen LogP contribution < -0.4 is 4.74 Å². The number of aromatic nitrogens is 2. The summed E-state index contributed by atoms with van der Waals surface area (Å²) < 4.78 is 21.0. The lowest BCUT2D eigenvalue weighted by molar-refractivity contribution is -0.127. The molecule has 168 valence electrons. The number of aliphatic imine (C=N–C) groups is 1. The average Bonchev–Trinajstić information content (AvgIpc) is 3.39. The largest absolute Gasteiger partial charge is 0.495 e. The zero-order valence-electron chi connectivity index (χ0n) is 18.7. The fraction of sp³-hybridized carbons (Fsp3) is 0.269. The predicted molar refractivity (Wildman–Crippen MR) is 125 cm³/mol. The fourth-order valence-electron chi connectivity index (χ4n) is 4.78. The summed E-state index contributed by atoms with van der Waals surface area (Å²) in [6.07, 6.45) is 10.1. The van der Waals surface area contributed by atoms with Crippen molar-refractivity contribution in [3.63, 3.8) is 0 Å². The summed E-state index contributed by atoms with van der Waals surface area (Å²) in [4.78, 5) is 23.9. The number of fused-ring (bicyclic) bond motifs is 1. The zero-order chi connectivity index (χ0) is 23.0. The number of methoxy groups -OCH3 is 1. The number of rotatable bonds is 5. The minimum Gasteiger partial charge on any atom is -0.495 e. The maximum Gasteiger partial charge on any atom is 0.278 e. The topological polar surface area (TPSA) is 59.7 Å². The molecule has 1 unspecified atom stereocenters. The van der Waals surface area contributed by atoms with Gasteiger partial charge in [-0.25, -0.2) is 9.37 Å². The van der Waals surface area contributed by atoms with Crippen LogP contribution in [0.1, 0.15) is 36.1 Å². The minimum atomic E-state index is -0.841. The summed E-state index contributed by atoms with van der Waals surface area (Å²) in [6, 6.07) is 12.1. The van der Waals surface area contributed by atoms with Crippen molar-refractivity contribution in [1.29, 1.82) is 0 Å². The number of aryl methyl sites for hydroxylation is 1. The number of amidine groups is 1. The maximum absolute atomic E-state index is 13.5. The van der Waals surface area contributed by atoms with Crippen LogP contribution in [-0.4, -0.2) is 39.8 Å². The van der Waals surface area contributed by atoms with Gasteiger partial charge in [-0.05, 0) is 67.7 Å². The Balaban J connectivity index is 1.44. The van der Waals surface area contributed by atoms with Gasteiger partial charge in [0.05, 0.1) is 24.8 Å². The Morgan fingerprint density at radius 1 is 1.12 bits per heavy atom. The number of benzene rings is 2. The molecule has 0 aliphatic carbocycles. The van der Waals surface area contributed by atoms with E-state index in [1.807, 2.05) is 48.0 Å². The summed E-state index contributed by atoms with van der Waals surface area (Å²) in [5.41, 5.74) is 2.71. The number of piperidine rings is 1. The quantitative estimate of drug-likeness (QED) is 0.574. The molecule has 2 aliphatic rings. The number of nitrogens with zero attached hydrogens (tertiary/aromatic N) is 4. The van der Waals surface area contributed by atoms with Crippen LogP contribution in [0.3, 0.4) is 0 Å². The van der Waals surface area contributed by atoms with Gasteiger partial charge in [-0.1, -0.05) is 24.3 Å². The Labute approximate surface area is 192 Å². The fourth-order valence-corrected chi connectivity index (χ4v) is 4.78. The molecule has 1 atom stereocenters. The summed E-state index contributed by atoms with van der Waals surface area (Å²) in [6.45, 7) is 2.67. The van der Waals surface area contributed by atoms with Crippen LogP contribution in [0.25, 0.3) is 11.8 Å². The van der Waals surface area contributed by atoms with Gasteiger partial charge >= 0.3 is 0 Å². The molecule has 2 aromatic carbocycles. The summed E-state index contributed by atoms with van der Waals surface area (Å²) in [7, 11) is 1.64. The van der Waals surface area contributed by atoms with Crippen molar-refractivity contribution in [1.82, 2.24) is 14.5 Å². The van der Waals surface area contributed by atoms with Crippen molar-refractivity contribution in [2.75, 3.05) is 13.7 Å². The highest BCUT2D eigenvalue weighted by Crippen LogP contribution is 2.43. The van der Waals surface area contributed by atoms with Crippen LogP contribution in [0.4, 0.5) is 4.39 Å². The Morgan fingerprint density at radius 3 is 2.67 bits per heavy atom. The van der Waals surface area contributed by atoms with E-state index in [2.05, 4.69) is 14.9 Å². The molecule has 0 saturated carbocycles. The molecule has 0 N–H and O–H groups in total. The highest BCUT2D eigenvalue weighted by molar-refractivity contribution is 6.12. The SMILES string of the molecule is COc1cc(/C=C\C2=NC(=O)C3(c4ccc(F)cc4)CCCCN23)ccc1-n1cnc(C)c1. The van der Waals surface area contributed by atoms with Gasteiger partial charge in [0, 0.05) is 12.7 Å². The molecule has 5 rings (SSSR count). The van der Waals surface area contributed by atoms with E-state index in [4.69, 9.17) is 4.74 Å². The van der Waals surface area contributed by atoms with Gasteiger partial charge in [0.15, 0.2) is 0 Å². The van der Waals surface area contributed by atoms with Gasteiger partial charge < -0.3 is 14.2 Å². The summed E-state index contributed by atoms with van der Waals surface area (Å²) >= 11 is 0. The molecule has 1 saturated heterocycles. The third-order valence-corrected chi connectivity index (χ3v) is 6.42. The summed E-state index contributed by atoms with van der Waals surface area (Å²) in [5.74, 6) is 0.860. The molecule has 1 amide bonds. The van der Waals surface area contributed by atoms with E-state index in [9.17, 15) is 9.18 Å². The van der Waals surface area contributed by atoms with Crippen molar-refractivity contribution in [3.05, 3.63) is 83.7 Å². The number of hydrogen-bond donors (Lipinski definition) is 0. The smallest absolute Gasteiger partial charge is 0.278 e. The lowest BCUT2D eigenvalue weighted by Crippen LogP contribution is -2.51. The number of carbonyl (C=O) groups excluding carboxylic acids is 1. The van der Waals surface area contributed by atoms with Gasteiger partial charge in [0.25, 0.3) is 5.91 Å². The highest BCUT2D eigenvalue weighted by Gasteiger charge is 2.51. The van der Waals surface area contributed by atoms with Crippen molar-refractivity contribution in [2.24, 2.45) is 4.99 Å². The Morgan fingerprint density at radius 2 is 1.94 bits per heavy atom. The van der Waals surface area contributed by atoms with E-state index in [1.165, 1.54) is 12.1 Å². The Kier molecular flexibility index (Phi) is 5.32. The lowest BCUT2D eigenvalue weighted by Gasteiger charge is -2.42. The number of amides is 1. The van der Waals surface area contributed by atoms with E-state index < -0.39 is 5.54 Å². The van der Waals surface area contributed by atoms with E-state index in [0.717, 1.165) is 47.6 Å². The van der Waals surface area contributed by atoms with Gasteiger partial charge in [-0.2, -0.15) is 4.99 Å². The molecule has 0 radical (unpaired) electrons. The average molecular weight is 445 g/mol. The Bertz CT molecular complexity index is 1260. The molecule has 6 nitrogen and oxygen atoms in total. The van der Waals surface area contributed by atoms with Gasteiger partial charge in [-0.3, -0.25) is 4.79 Å². The third kappa shape index (κ3) is 3.63. The van der Waals surface area contributed by atoms with Crippen LogP contribution >= 0.6 is 0 Å². The number of carbonyl (C=O) groups is 1. The first-order valence-electron chi connectivity index (χ1n) is 11.1. The number of ether oxygens (including phenoxy) is 1. The summed E-state index contributed by atoms with van der Waals surface area (Å²) in [5, 5.41) is 0. The van der Waals surface area contributed by atoms with Crippen LogP contribution in [0, 0.1) is 12.7 Å². The number of imidazole rings is 1. The third-order valence-electron chi connectivity index (χ3n) is 6.42. The van der Waals surface area contributed by atoms with Crippen LogP contribution in [0.15, 0.2) is 66.1 Å². The second kappa shape index (κ2) is 8.31. The first-order valence-corrected chi connectivity index (χ1v) is 11.1. The first-order chi connectivity index (χ1) is 16.0. The van der Waals surface area contributed by atoms with Gasteiger partial charge in [0.2, 0.25) is 0 Å². The molecule has 1 fully saturated rings. The lowest BCUT2D eigenvalue weighted by atomic mass is 9.80. The highest BCUT2D eigenvalue weighted by atomic mass is 19.1. The molecule has 1 aromatic heterocycles. The normalized spacial score (nSPS) is 20.3.